The molecule has 1 unspecified atom stereocenters. The summed E-state index contributed by atoms with van der Waals surface area (Å²) in [5.41, 5.74) is 0. The smallest absolute Gasteiger partial charge is 0.462 e. The number of phosphoric ester groups is 1. The summed E-state index contributed by atoms with van der Waals surface area (Å²) < 4.78 is 25.6. The first kappa shape index (κ1) is 33.5. The zero-order valence-electron chi connectivity index (χ0n) is 21.7. The molecule has 0 bridgehead atoms. The van der Waals surface area contributed by atoms with Crippen molar-refractivity contribution in [1.29, 1.82) is 0 Å². The molecule has 8 nitrogen and oxygen atoms in total. The molecule has 204 valence electrons. The third-order valence-corrected chi connectivity index (χ3v) is 5.71. The van der Waals surface area contributed by atoms with Gasteiger partial charge in [-0.25, -0.2) is 4.57 Å². The molecule has 0 aromatic carbocycles. The van der Waals surface area contributed by atoms with Gasteiger partial charge >= 0.3 is 19.8 Å². The number of hydrogen-bond acceptors (Lipinski definition) is 6. The number of carbonyl (C=O) groups is 2. The summed E-state index contributed by atoms with van der Waals surface area (Å²) in [5, 5.41) is 0. The van der Waals surface area contributed by atoms with Crippen LogP contribution in [0.4, 0.5) is 0 Å². The monoisotopic (exact) mass is 518 g/mol. The minimum absolute atomic E-state index is 0.195. The molecule has 0 saturated carbocycles. The van der Waals surface area contributed by atoms with Crippen molar-refractivity contribution in [2.24, 2.45) is 0 Å². The number of esters is 2. The van der Waals surface area contributed by atoms with Crippen LogP contribution in [0.2, 0.25) is 0 Å². The summed E-state index contributed by atoms with van der Waals surface area (Å²) in [6.45, 7) is 3.32. The van der Waals surface area contributed by atoms with Gasteiger partial charge in [0.15, 0.2) is 6.10 Å². The van der Waals surface area contributed by atoms with Gasteiger partial charge in [0.25, 0.3) is 0 Å². The van der Waals surface area contributed by atoms with Gasteiger partial charge in [-0.1, -0.05) is 76.7 Å². The van der Waals surface area contributed by atoms with E-state index < -0.39 is 32.5 Å². The Bertz CT molecular complexity index is 641. The van der Waals surface area contributed by atoms with Crippen LogP contribution in [0.1, 0.15) is 110 Å². The van der Waals surface area contributed by atoms with Gasteiger partial charge in [-0.2, -0.15) is 0 Å². The van der Waals surface area contributed by atoms with Gasteiger partial charge in [0, 0.05) is 12.8 Å². The first-order chi connectivity index (χ1) is 16.8. The maximum atomic E-state index is 12.1. The minimum Gasteiger partial charge on any atom is -0.462 e. The largest absolute Gasteiger partial charge is 0.469 e. The maximum absolute atomic E-state index is 12.1. The molecule has 0 aliphatic rings. The van der Waals surface area contributed by atoms with Crippen LogP contribution in [0.25, 0.3) is 0 Å². The average molecular weight is 519 g/mol. The molecule has 0 aliphatic carbocycles. The third-order valence-electron chi connectivity index (χ3n) is 5.22. The van der Waals surface area contributed by atoms with E-state index in [1.807, 2.05) is 6.92 Å². The highest BCUT2D eigenvalue weighted by Crippen LogP contribution is 2.35. The van der Waals surface area contributed by atoms with Crippen molar-refractivity contribution < 1.29 is 37.9 Å². The molecule has 0 aliphatic heterocycles. The van der Waals surface area contributed by atoms with Gasteiger partial charge in [-0.3, -0.25) is 14.1 Å². The number of rotatable bonds is 23. The van der Waals surface area contributed by atoms with Gasteiger partial charge in [-0.05, 0) is 44.9 Å². The van der Waals surface area contributed by atoms with E-state index in [1.54, 1.807) is 0 Å². The Morgan fingerprint density at radius 3 is 1.94 bits per heavy atom. The fraction of sp³-hybridized carbons (Fsp3) is 0.769. The van der Waals surface area contributed by atoms with E-state index in [1.165, 1.54) is 25.7 Å². The second-order valence-corrected chi connectivity index (χ2v) is 9.90. The summed E-state index contributed by atoms with van der Waals surface area (Å²) in [7, 11) is -4.72. The summed E-state index contributed by atoms with van der Waals surface area (Å²) in [6.07, 6.45) is 21.7. The number of phosphoric acid groups is 1. The van der Waals surface area contributed by atoms with Gasteiger partial charge in [0.05, 0.1) is 6.61 Å². The van der Waals surface area contributed by atoms with Crippen molar-refractivity contribution in [2.45, 2.75) is 116 Å². The molecule has 0 aromatic heterocycles. The number of carbonyl (C=O) groups excluding carboxylic acids is 2. The van der Waals surface area contributed by atoms with E-state index in [4.69, 9.17) is 19.3 Å². The molecule has 0 rings (SSSR count). The van der Waals surface area contributed by atoms with E-state index >= 15 is 0 Å². The van der Waals surface area contributed by atoms with Crippen LogP contribution >= 0.6 is 7.82 Å². The summed E-state index contributed by atoms with van der Waals surface area (Å²) in [5.74, 6) is -0.947. The molecule has 0 radical (unpaired) electrons. The summed E-state index contributed by atoms with van der Waals surface area (Å²) in [6, 6.07) is 0. The summed E-state index contributed by atoms with van der Waals surface area (Å²) >= 11 is 0. The minimum atomic E-state index is -4.72. The predicted octanol–water partition coefficient (Wildman–Crippen LogP) is 6.55. The van der Waals surface area contributed by atoms with E-state index in [-0.39, 0.29) is 19.4 Å². The molecule has 0 aromatic rings. The molecule has 9 heteroatoms. The van der Waals surface area contributed by atoms with Crippen molar-refractivity contribution >= 4 is 19.8 Å². The van der Waals surface area contributed by atoms with Crippen LogP contribution in [-0.4, -0.2) is 41.0 Å². The molecule has 0 heterocycles. The SMILES string of the molecule is CCCCC/C=C\C/C=C\CCCCCCCC(=O)OC(COC(=O)CCCC)COP(=O)(O)O. The highest BCUT2D eigenvalue weighted by atomic mass is 31.2. The summed E-state index contributed by atoms with van der Waals surface area (Å²) in [4.78, 5) is 41.5. The number of unbranched alkanes of at least 4 members (excludes halogenated alkanes) is 9. The van der Waals surface area contributed by atoms with Crippen LogP contribution < -0.4 is 0 Å². The fourth-order valence-electron chi connectivity index (χ4n) is 3.20. The van der Waals surface area contributed by atoms with Crippen molar-refractivity contribution in [3.8, 4) is 0 Å². The maximum Gasteiger partial charge on any atom is 0.469 e. The Morgan fingerprint density at radius 2 is 1.31 bits per heavy atom. The Hall–Kier alpha value is -1.47. The van der Waals surface area contributed by atoms with Crippen molar-refractivity contribution in [3.63, 3.8) is 0 Å². The van der Waals surface area contributed by atoms with Gasteiger partial charge in [0.2, 0.25) is 0 Å². The molecule has 0 fully saturated rings. The third kappa shape index (κ3) is 25.4. The van der Waals surface area contributed by atoms with Crippen LogP contribution in [0.5, 0.6) is 0 Å². The zero-order chi connectivity index (χ0) is 26.2. The van der Waals surface area contributed by atoms with E-state index in [0.29, 0.717) is 12.8 Å². The quantitative estimate of drug-likeness (QED) is 0.0676. The van der Waals surface area contributed by atoms with Gasteiger partial charge in [0.1, 0.15) is 6.61 Å². The topological polar surface area (TPSA) is 119 Å². The molecule has 1 atom stereocenters. The van der Waals surface area contributed by atoms with Gasteiger partial charge < -0.3 is 19.3 Å². The number of allylic oxidation sites excluding steroid dienone is 4. The van der Waals surface area contributed by atoms with Crippen LogP contribution in [0.3, 0.4) is 0 Å². The Balaban J connectivity index is 3.97. The second-order valence-electron chi connectivity index (χ2n) is 8.67. The molecular formula is C26H47O8P. The predicted molar refractivity (Wildman–Crippen MR) is 138 cm³/mol. The highest BCUT2D eigenvalue weighted by molar-refractivity contribution is 7.46. The second kappa shape index (κ2) is 23.0. The molecule has 0 amide bonds. The molecular weight excluding hydrogens is 471 g/mol. The number of hydrogen-bond donors (Lipinski definition) is 2. The van der Waals surface area contributed by atoms with Crippen LogP contribution in [0.15, 0.2) is 24.3 Å². The van der Waals surface area contributed by atoms with Crippen molar-refractivity contribution in [1.82, 2.24) is 0 Å². The lowest BCUT2D eigenvalue weighted by molar-refractivity contribution is -0.161. The Kier molecular flexibility index (Phi) is 22.0. The first-order valence-corrected chi connectivity index (χ1v) is 14.7. The molecule has 2 N–H and O–H groups in total. The zero-order valence-corrected chi connectivity index (χ0v) is 22.6. The van der Waals surface area contributed by atoms with Crippen molar-refractivity contribution in [3.05, 3.63) is 24.3 Å². The van der Waals surface area contributed by atoms with Crippen LogP contribution in [-0.2, 0) is 28.2 Å². The lowest BCUT2D eigenvalue weighted by Crippen LogP contribution is -2.29. The first-order valence-electron chi connectivity index (χ1n) is 13.1. The fourth-order valence-corrected chi connectivity index (χ4v) is 3.56. The number of ether oxygens (including phenoxy) is 2. The lowest BCUT2D eigenvalue weighted by atomic mass is 10.1. The normalized spacial score (nSPS) is 12.9. The Labute approximate surface area is 211 Å². The lowest BCUT2D eigenvalue weighted by Gasteiger charge is -2.18. The van der Waals surface area contributed by atoms with E-state index in [0.717, 1.165) is 44.9 Å². The average Bonchev–Trinajstić information content (AvgIpc) is 2.81. The van der Waals surface area contributed by atoms with Crippen molar-refractivity contribution in [2.75, 3.05) is 13.2 Å². The highest BCUT2D eigenvalue weighted by Gasteiger charge is 2.22. The molecule has 0 spiro atoms. The van der Waals surface area contributed by atoms with E-state index in [2.05, 4.69) is 35.8 Å². The molecule has 35 heavy (non-hydrogen) atoms. The standard InChI is InChI=1S/C26H47O8P/c1-3-5-7-8-9-10-11-12-13-14-15-16-17-18-19-21-26(28)34-24(23-33-35(29,30)31)22-32-25(27)20-6-4-2/h9-10,12-13,24H,3-8,11,14-23H2,1-2H3,(H2,29,30,31)/b10-9-,13-12-. The molecule has 0 saturated heterocycles. The van der Waals surface area contributed by atoms with Crippen LogP contribution in [0, 0.1) is 0 Å². The van der Waals surface area contributed by atoms with E-state index in [9.17, 15) is 14.2 Å². The Morgan fingerprint density at radius 1 is 0.743 bits per heavy atom. The van der Waals surface area contributed by atoms with Gasteiger partial charge in [-0.15, -0.1) is 0 Å².